The summed E-state index contributed by atoms with van der Waals surface area (Å²) < 4.78 is 5.30. The molecule has 0 spiro atoms. The zero-order chi connectivity index (χ0) is 12.9. The van der Waals surface area contributed by atoms with Crippen molar-refractivity contribution in [3.8, 4) is 0 Å². The van der Waals surface area contributed by atoms with Gasteiger partial charge in [0.1, 0.15) is 0 Å². The van der Waals surface area contributed by atoms with E-state index in [4.69, 9.17) is 4.74 Å². The average molecular weight is 243 g/mol. The fraction of sp³-hybridized carbons (Fsp3) is 0.923. The second-order valence-electron chi connectivity index (χ2n) is 5.85. The Morgan fingerprint density at radius 3 is 2.82 bits per heavy atom. The van der Waals surface area contributed by atoms with Gasteiger partial charge in [0.15, 0.2) is 0 Å². The monoisotopic (exact) mass is 243 g/mol. The van der Waals surface area contributed by atoms with Crippen molar-refractivity contribution in [3.63, 3.8) is 0 Å². The summed E-state index contributed by atoms with van der Waals surface area (Å²) in [5, 5.41) is 12.3. The van der Waals surface area contributed by atoms with Crippen molar-refractivity contribution < 1.29 is 14.6 Å². The van der Waals surface area contributed by atoms with Crippen LogP contribution in [0.5, 0.6) is 0 Å². The van der Waals surface area contributed by atoms with Crippen LogP contribution in [-0.4, -0.2) is 36.9 Å². The summed E-state index contributed by atoms with van der Waals surface area (Å²) in [5.74, 6) is 0.0921. The molecule has 100 valence electrons. The van der Waals surface area contributed by atoms with Gasteiger partial charge in [-0.15, -0.1) is 0 Å². The maximum Gasteiger partial charge on any atom is 0.225 e. The molecular formula is C13H25NO3. The Bertz CT molecular complexity index is 245. The van der Waals surface area contributed by atoms with Gasteiger partial charge in [-0.1, -0.05) is 13.8 Å². The van der Waals surface area contributed by atoms with Crippen molar-refractivity contribution >= 4 is 5.91 Å². The molecule has 4 nitrogen and oxygen atoms in total. The first-order chi connectivity index (χ1) is 7.91. The van der Waals surface area contributed by atoms with E-state index in [1.165, 1.54) is 0 Å². The minimum absolute atomic E-state index is 0.00565. The Labute approximate surface area is 104 Å². The Hall–Kier alpha value is -0.610. The molecule has 2 N–H and O–H groups in total. The zero-order valence-electron chi connectivity index (χ0n) is 11.2. The van der Waals surface area contributed by atoms with Gasteiger partial charge in [0.05, 0.1) is 18.6 Å². The maximum absolute atomic E-state index is 11.9. The molecule has 0 saturated carbocycles. The number of amides is 1. The molecule has 1 heterocycles. The van der Waals surface area contributed by atoms with Crippen molar-refractivity contribution in [3.05, 3.63) is 0 Å². The lowest BCUT2D eigenvalue weighted by molar-refractivity contribution is -0.129. The lowest BCUT2D eigenvalue weighted by Gasteiger charge is -2.28. The number of aliphatic hydroxyl groups excluding tert-OH is 1. The van der Waals surface area contributed by atoms with Gasteiger partial charge in [-0.3, -0.25) is 4.79 Å². The number of hydrogen-bond donors (Lipinski definition) is 2. The quantitative estimate of drug-likeness (QED) is 0.766. The van der Waals surface area contributed by atoms with Crippen LogP contribution in [0.15, 0.2) is 0 Å². The summed E-state index contributed by atoms with van der Waals surface area (Å²) in [7, 11) is 0. The van der Waals surface area contributed by atoms with Crippen molar-refractivity contribution in [1.29, 1.82) is 0 Å². The third-order valence-corrected chi connectivity index (χ3v) is 3.12. The summed E-state index contributed by atoms with van der Waals surface area (Å²) in [4.78, 5) is 11.9. The minimum atomic E-state index is -0.333. The molecule has 1 aliphatic rings. The number of hydrogen-bond acceptors (Lipinski definition) is 3. The lowest BCUT2D eigenvalue weighted by Crippen LogP contribution is -2.41. The van der Waals surface area contributed by atoms with Crippen LogP contribution in [-0.2, 0) is 9.53 Å². The first-order valence-corrected chi connectivity index (χ1v) is 6.44. The molecule has 4 heteroatoms. The maximum atomic E-state index is 11.9. The van der Waals surface area contributed by atoms with Gasteiger partial charge in [0.2, 0.25) is 5.91 Å². The van der Waals surface area contributed by atoms with Gasteiger partial charge >= 0.3 is 0 Å². The molecule has 2 atom stereocenters. The van der Waals surface area contributed by atoms with Crippen molar-refractivity contribution in [2.45, 2.75) is 46.1 Å². The molecule has 1 amide bonds. The van der Waals surface area contributed by atoms with Crippen molar-refractivity contribution in [1.82, 2.24) is 5.32 Å². The number of aliphatic hydroxyl groups is 1. The molecule has 1 fully saturated rings. The first kappa shape index (κ1) is 14.5. The van der Waals surface area contributed by atoms with Crippen LogP contribution in [0.1, 0.15) is 40.0 Å². The van der Waals surface area contributed by atoms with E-state index < -0.39 is 0 Å². The Morgan fingerprint density at radius 1 is 1.59 bits per heavy atom. The molecule has 0 aliphatic carbocycles. The highest BCUT2D eigenvalue weighted by Crippen LogP contribution is 2.21. The van der Waals surface area contributed by atoms with Gasteiger partial charge in [-0.2, -0.15) is 0 Å². The van der Waals surface area contributed by atoms with E-state index >= 15 is 0 Å². The molecule has 0 aromatic heterocycles. The first-order valence-electron chi connectivity index (χ1n) is 6.44. The number of carbonyl (C=O) groups excluding carboxylic acids is 1. The van der Waals surface area contributed by atoms with Crippen molar-refractivity contribution in [2.24, 2.45) is 11.3 Å². The Balaban J connectivity index is 2.31. The summed E-state index contributed by atoms with van der Waals surface area (Å²) >= 11 is 0. The van der Waals surface area contributed by atoms with Crippen LogP contribution in [0.2, 0.25) is 0 Å². The summed E-state index contributed by atoms with van der Waals surface area (Å²) in [6.07, 6.45) is 2.24. The van der Waals surface area contributed by atoms with E-state index in [1.54, 1.807) is 6.92 Å². The third kappa shape index (κ3) is 5.50. The fourth-order valence-electron chi connectivity index (χ4n) is 2.29. The van der Waals surface area contributed by atoms with Crippen LogP contribution in [0.3, 0.4) is 0 Å². The molecule has 17 heavy (non-hydrogen) atoms. The van der Waals surface area contributed by atoms with E-state index in [1.807, 2.05) is 0 Å². The predicted molar refractivity (Wildman–Crippen MR) is 66.6 cm³/mol. The largest absolute Gasteiger partial charge is 0.393 e. The highest BCUT2D eigenvalue weighted by Gasteiger charge is 2.25. The van der Waals surface area contributed by atoms with Crippen molar-refractivity contribution in [2.75, 3.05) is 19.8 Å². The highest BCUT2D eigenvalue weighted by molar-refractivity contribution is 5.78. The predicted octanol–water partition coefficient (Wildman–Crippen LogP) is 1.33. The number of carbonyl (C=O) groups is 1. The SMILES string of the molecule is CC(O)CC(C)(C)CNC(=O)C1CCCOC1. The van der Waals surface area contributed by atoms with Gasteiger partial charge in [0.25, 0.3) is 0 Å². The fourth-order valence-corrected chi connectivity index (χ4v) is 2.29. The van der Waals surface area contributed by atoms with E-state index in [-0.39, 0.29) is 23.3 Å². The van der Waals surface area contributed by atoms with E-state index in [0.29, 0.717) is 19.6 Å². The molecule has 2 unspecified atom stereocenters. The number of nitrogens with one attached hydrogen (secondary N) is 1. The molecule has 1 aliphatic heterocycles. The van der Waals surface area contributed by atoms with Crippen LogP contribution < -0.4 is 5.32 Å². The molecule has 1 rings (SSSR count). The van der Waals surface area contributed by atoms with Gasteiger partial charge in [-0.25, -0.2) is 0 Å². The zero-order valence-corrected chi connectivity index (χ0v) is 11.2. The van der Waals surface area contributed by atoms with Crippen LogP contribution in [0.25, 0.3) is 0 Å². The summed E-state index contributed by atoms with van der Waals surface area (Å²) in [6.45, 7) is 7.81. The molecule has 0 aromatic carbocycles. The molecule has 0 aromatic rings. The Kier molecular flexibility index (Phi) is 5.40. The molecular weight excluding hydrogens is 218 g/mol. The molecule has 0 bridgehead atoms. The van der Waals surface area contributed by atoms with Crippen LogP contribution >= 0.6 is 0 Å². The molecule has 0 radical (unpaired) electrons. The van der Waals surface area contributed by atoms with E-state index in [2.05, 4.69) is 19.2 Å². The van der Waals surface area contributed by atoms with Gasteiger partial charge in [-0.05, 0) is 31.6 Å². The second kappa shape index (κ2) is 6.36. The summed E-state index contributed by atoms with van der Waals surface area (Å²) in [6, 6.07) is 0. The van der Waals surface area contributed by atoms with Crippen LogP contribution in [0.4, 0.5) is 0 Å². The summed E-state index contributed by atoms with van der Waals surface area (Å²) in [5.41, 5.74) is -0.0701. The van der Waals surface area contributed by atoms with E-state index in [9.17, 15) is 9.90 Å². The van der Waals surface area contributed by atoms with Crippen LogP contribution in [0, 0.1) is 11.3 Å². The Morgan fingerprint density at radius 2 is 2.29 bits per heavy atom. The van der Waals surface area contributed by atoms with Gasteiger partial charge in [0, 0.05) is 13.2 Å². The normalized spacial score (nSPS) is 23.2. The number of ether oxygens (including phenoxy) is 1. The van der Waals surface area contributed by atoms with Gasteiger partial charge < -0.3 is 15.2 Å². The smallest absolute Gasteiger partial charge is 0.225 e. The standard InChI is InChI=1S/C13H25NO3/c1-10(15)7-13(2,3)9-14-12(16)11-5-4-6-17-8-11/h10-11,15H,4-9H2,1-3H3,(H,14,16). The molecule has 1 saturated heterocycles. The third-order valence-electron chi connectivity index (χ3n) is 3.12. The second-order valence-corrected chi connectivity index (χ2v) is 5.85. The minimum Gasteiger partial charge on any atom is -0.393 e. The average Bonchev–Trinajstić information content (AvgIpc) is 2.25. The lowest BCUT2D eigenvalue weighted by atomic mass is 9.86. The topological polar surface area (TPSA) is 58.6 Å². The number of rotatable bonds is 5. The van der Waals surface area contributed by atoms with E-state index in [0.717, 1.165) is 19.4 Å². The highest BCUT2D eigenvalue weighted by atomic mass is 16.5.